The number of amides is 2. The second kappa shape index (κ2) is 8.30. The molecule has 1 aliphatic rings. The molecule has 1 unspecified atom stereocenters. The first-order chi connectivity index (χ1) is 13.6. The van der Waals surface area contributed by atoms with Crippen LogP contribution in [0.5, 0.6) is 0 Å². The molecule has 4 rings (SSSR count). The van der Waals surface area contributed by atoms with Gasteiger partial charge in [-0.3, -0.25) is 9.59 Å². The van der Waals surface area contributed by atoms with Gasteiger partial charge in [0.1, 0.15) is 0 Å². The maximum absolute atomic E-state index is 12.6. The van der Waals surface area contributed by atoms with E-state index in [1.807, 2.05) is 55.5 Å². The number of hydrogen-bond donors (Lipinski definition) is 3. The molecule has 3 aromatic rings. The third kappa shape index (κ3) is 4.35. The standard InChI is InChI=1S/C20H17N3O2S3/c1-12-19(24)21-15-11-13(7-8-16(15)26-12)20(25)22-17-9-10-18(27-17)28-23-14-5-3-2-4-6-14/h2-12,23H,1H3,(H,21,24)(H,22,25). The lowest BCUT2D eigenvalue weighted by atomic mass is 10.2. The van der Waals surface area contributed by atoms with E-state index in [2.05, 4.69) is 15.4 Å². The van der Waals surface area contributed by atoms with Crippen molar-refractivity contribution in [2.24, 2.45) is 0 Å². The minimum atomic E-state index is -0.199. The summed E-state index contributed by atoms with van der Waals surface area (Å²) < 4.78 is 4.32. The maximum Gasteiger partial charge on any atom is 0.256 e. The second-order valence-corrected chi connectivity index (χ2v) is 9.68. The van der Waals surface area contributed by atoms with Crippen LogP contribution in [0.2, 0.25) is 0 Å². The van der Waals surface area contributed by atoms with Crippen molar-refractivity contribution in [3.05, 3.63) is 66.2 Å². The lowest BCUT2D eigenvalue weighted by Gasteiger charge is -2.21. The summed E-state index contributed by atoms with van der Waals surface area (Å²) in [4.78, 5) is 25.4. The van der Waals surface area contributed by atoms with Crippen molar-refractivity contribution < 1.29 is 9.59 Å². The van der Waals surface area contributed by atoms with Crippen molar-refractivity contribution >= 4 is 63.2 Å². The van der Waals surface area contributed by atoms with Gasteiger partial charge in [0, 0.05) is 16.1 Å². The van der Waals surface area contributed by atoms with Crippen molar-refractivity contribution in [2.75, 3.05) is 15.4 Å². The van der Waals surface area contributed by atoms with Crippen molar-refractivity contribution in [3.8, 4) is 0 Å². The fourth-order valence-corrected chi connectivity index (χ4v) is 5.21. The Morgan fingerprint density at radius 2 is 1.93 bits per heavy atom. The van der Waals surface area contributed by atoms with Gasteiger partial charge in [-0.25, -0.2) is 0 Å². The van der Waals surface area contributed by atoms with Crippen molar-refractivity contribution in [3.63, 3.8) is 0 Å². The van der Waals surface area contributed by atoms with Gasteiger partial charge in [-0.1, -0.05) is 18.2 Å². The van der Waals surface area contributed by atoms with E-state index < -0.39 is 0 Å². The first kappa shape index (κ1) is 18.9. The highest BCUT2D eigenvalue weighted by atomic mass is 32.2. The number of thiophene rings is 1. The molecule has 2 amide bonds. The highest BCUT2D eigenvalue weighted by Crippen LogP contribution is 2.36. The number of hydrogen-bond acceptors (Lipinski definition) is 6. The van der Waals surface area contributed by atoms with E-state index in [4.69, 9.17) is 0 Å². The molecule has 0 aliphatic carbocycles. The molecule has 1 aromatic heterocycles. The van der Waals surface area contributed by atoms with Crippen LogP contribution in [0.4, 0.5) is 16.4 Å². The number of nitrogens with one attached hydrogen (secondary N) is 3. The summed E-state index contributed by atoms with van der Waals surface area (Å²) in [6, 6.07) is 19.2. The topological polar surface area (TPSA) is 70.2 Å². The monoisotopic (exact) mass is 427 g/mol. The van der Waals surface area contributed by atoms with E-state index in [-0.39, 0.29) is 17.1 Å². The third-order valence-corrected chi connectivity index (χ3v) is 7.18. The summed E-state index contributed by atoms with van der Waals surface area (Å²) in [5.41, 5.74) is 2.23. The molecule has 0 fully saturated rings. The fourth-order valence-electron chi connectivity index (χ4n) is 2.59. The Morgan fingerprint density at radius 3 is 2.75 bits per heavy atom. The summed E-state index contributed by atoms with van der Waals surface area (Å²) in [5, 5.41) is 6.42. The molecule has 142 valence electrons. The van der Waals surface area contributed by atoms with Crippen molar-refractivity contribution in [1.29, 1.82) is 0 Å². The van der Waals surface area contributed by atoms with Crippen LogP contribution in [-0.4, -0.2) is 17.1 Å². The second-order valence-electron chi connectivity index (χ2n) is 6.10. The van der Waals surface area contributed by atoms with Gasteiger partial charge in [0.05, 0.1) is 20.1 Å². The number of carbonyl (C=O) groups excluding carboxylic acids is 2. The summed E-state index contributed by atoms with van der Waals surface area (Å²) in [6.07, 6.45) is 0. The number of thioether (sulfide) groups is 1. The van der Waals surface area contributed by atoms with Crippen LogP contribution in [0, 0.1) is 0 Å². The molecule has 2 heterocycles. The Kier molecular flexibility index (Phi) is 5.61. The molecule has 2 aromatic carbocycles. The van der Waals surface area contributed by atoms with Gasteiger partial charge in [0.2, 0.25) is 5.91 Å². The molecule has 0 spiro atoms. The molecular formula is C20H17N3O2S3. The van der Waals surface area contributed by atoms with E-state index in [1.54, 1.807) is 12.1 Å². The van der Waals surface area contributed by atoms with E-state index in [0.29, 0.717) is 11.3 Å². The van der Waals surface area contributed by atoms with Crippen molar-refractivity contribution in [1.82, 2.24) is 0 Å². The Labute approximate surface area is 175 Å². The highest BCUT2D eigenvalue weighted by Gasteiger charge is 2.23. The summed E-state index contributed by atoms with van der Waals surface area (Å²) in [6.45, 7) is 1.86. The Bertz CT molecular complexity index is 1020. The minimum Gasteiger partial charge on any atom is -0.325 e. The third-order valence-electron chi connectivity index (χ3n) is 4.03. The molecule has 0 bridgehead atoms. The predicted molar refractivity (Wildman–Crippen MR) is 119 cm³/mol. The molecule has 0 saturated carbocycles. The van der Waals surface area contributed by atoms with Gasteiger partial charge in [-0.05, 0) is 61.3 Å². The van der Waals surface area contributed by atoms with Gasteiger partial charge in [-0.15, -0.1) is 23.1 Å². The lowest BCUT2D eigenvalue weighted by Crippen LogP contribution is -2.26. The van der Waals surface area contributed by atoms with E-state index in [1.165, 1.54) is 35.0 Å². The molecule has 28 heavy (non-hydrogen) atoms. The first-order valence-electron chi connectivity index (χ1n) is 8.59. The summed E-state index contributed by atoms with van der Waals surface area (Å²) >= 11 is 4.50. The van der Waals surface area contributed by atoms with Gasteiger partial charge in [0.15, 0.2) is 0 Å². The van der Waals surface area contributed by atoms with Crippen LogP contribution in [0.1, 0.15) is 17.3 Å². The van der Waals surface area contributed by atoms with E-state index >= 15 is 0 Å². The summed E-state index contributed by atoms with van der Waals surface area (Å²) in [5.74, 6) is -0.240. The van der Waals surface area contributed by atoms with Gasteiger partial charge in [0.25, 0.3) is 5.91 Å². The molecule has 0 radical (unpaired) electrons. The van der Waals surface area contributed by atoms with Gasteiger partial charge >= 0.3 is 0 Å². The SMILES string of the molecule is CC1Sc2ccc(C(=O)Nc3ccc(SNc4ccccc4)s3)cc2NC1=O. The average molecular weight is 428 g/mol. The summed E-state index contributed by atoms with van der Waals surface area (Å²) in [7, 11) is 0. The number of anilines is 3. The van der Waals surface area contributed by atoms with Gasteiger partial charge in [-0.2, -0.15) is 0 Å². The van der Waals surface area contributed by atoms with Crippen LogP contribution >= 0.6 is 35.0 Å². The van der Waals surface area contributed by atoms with Crippen LogP contribution in [0.15, 0.2) is 69.8 Å². The zero-order valence-electron chi connectivity index (χ0n) is 14.9. The molecule has 1 aliphatic heterocycles. The highest BCUT2D eigenvalue weighted by molar-refractivity contribution is 8.02. The van der Waals surface area contributed by atoms with Crippen LogP contribution < -0.4 is 15.4 Å². The van der Waals surface area contributed by atoms with Gasteiger partial charge < -0.3 is 15.4 Å². The van der Waals surface area contributed by atoms with E-state index in [0.717, 1.165) is 19.8 Å². The maximum atomic E-state index is 12.6. The van der Waals surface area contributed by atoms with E-state index in [9.17, 15) is 9.59 Å². The molecule has 8 heteroatoms. The Hall–Kier alpha value is -2.42. The van der Waals surface area contributed by atoms with Crippen LogP contribution in [0.25, 0.3) is 0 Å². The largest absolute Gasteiger partial charge is 0.325 e. The lowest BCUT2D eigenvalue weighted by molar-refractivity contribution is -0.115. The Morgan fingerprint density at radius 1 is 1.11 bits per heavy atom. The number of carbonyl (C=O) groups is 2. The number of fused-ring (bicyclic) bond motifs is 1. The fraction of sp³-hybridized carbons (Fsp3) is 0.100. The Balaban J connectivity index is 1.40. The number of benzene rings is 2. The minimum absolute atomic E-state index is 0.0408. The molecular weight excluding hydrogens is 410 g/mol. The quantitative estimate of drug-likeness (QED) is 0.466. The normalized spacial score (nSPS) is 15.5. The average Bonchev–Trinajstić information content (AvgIpc) is 3.15. The zero-order valence-corrected chi connectivity index (χ0v) is 17.3. The van der Waals surface area contributed by atoms with Crippen molar-refractivity contribution in [2.45, 2.75) is 21.3 Å². The molecule has 0 saturated heterocycles. The zero-order chi connectivity index (χ0) is 19.5. The van der Waals surface area contributed by atoms with Crippen LogP contribution in [-0.2, 0) is 4.79 Å². The number of para-hydroxylation sites is 1. The molecule has 5 nitrogen and oxygen atoms in total. The van der Waals surface area contributed by atoms with Crippen LogP contribution in [0.3, 0.4) is 0 Å². The smallest absolute Gasteiger partial charge is 0.256 e. The molecule has 3 N–H and O–H groups in total. The number of rotatable bonds is 5. The predicted octanol–water partition coefficient (Wildman–Crippen LogP) is 5.55. The molecule has 1 atom stereocenters. The first-order valence-corrected chi connectivity index (χ1v) is 11.1.